The van der Waals surface area contributed by atoms with E-state index in [9.17, 15) is 28.8 Å². The van der Waals surface area contributed by atoms with Gasteiger partial charge in [-0.25, -0.2) is 0 Å². The van der Waals surface area contributed by atoms with Crippen LogP contribution in [0.15, 0.2) is 36.4 Å². The van der Waals surface area contributed by atoms with Crippen LogP contribution in [0.1, 0.15) is 81.4 Å². The zero-order valence-electron chi connectivity index (χ0n) is 17.4. The van der Waals surface area contributed by atoms with Crippen molar-refractivity contribution >= 4 is 35.4 Å². The number of rotatable bonds is 8. The first kappa shape index (κ1) is 21.9. The van der Waals surface area contributed by atoms with Crippen molar-refractivity contribution in [1.29, 1.82) is 0 Å². The molecule has 2 aromatic rings. The summed E-state index contributed by atoms with van der Waals surface area (Å²) in [5, 5.41) is 9.89. The molecule has 0 saturated heterocycles. The fourth-order valence-corrected chi connectivity index (χ4v) is 3.65. The largest absolute Gasteiger partial charge is 0.352 e. The van der Waals surface area contributed by atoms with E-state index >= 15 is 0 Å². The first-order valence-corrected chi connectivity index (χ1v) is 10.4. The second kappa shape index (κ2) is 9.03. The zero-order valence-corrected chi connectivity index (χ0v) is 17.4. The number of nitrogens with one attached hydrogen (secondary N) is 4. The summed E-state index contributed by atoms with van der Waals surface area (Å²) in [5.74, 6) is -2.63. The van der Waals surface area contributed by atoms with Gasteiger partial charge in [0.1, 0.15) is 0 Å². The van der Waals surface area contributed by atoms with E-state index in [0.717, 1.165) is 6.42 Å². The van der Waals surface area contributed by atoms with Crippen molar-refractivity contribution in [3.63, 3.8) is 0 Å². The number of hydrogen-bond donors (Lipinski definition) is 4. The normalized spacial score (nSPS) is 13.8. The lowest BCUT2D eigenvalue weighted by Crippen LogP contribution is -2.26. The number of fused-ring (bicyclic) bond motifs is 2. The van der Waals surface area contributed by atoms with E-state index in [0.29, 0.717) is 37.1 Å². The monoisotopic (exact) mass is 448 g/mol. The molecule has 2 heterocycles. The SMILES string of the molecule is O=C(NCCCCCNC(=O)c1ccc2c(c1)C(=O)NC2=O)c1ccc2c(c1)C(=O)NC2=O. The highest BCUT2D eigenvalue weighted by Gasteiger charge is 2.28. The van der Waals surface area contributed by atoms with E-state index in [4.69, 9.17) is 0 Å². The van der Waals surface area contributed by atoms with Gasteiger partial charge in [-0.2, -0.15) is 0 Å². The van der Waals surface area contributed by atoms with Gasteiger partial charge >= 0.3 is 0 Å². The van der Waals surface area contributed by atoms with Gasteiger partial charge in [-0.3, -0.25) is 39.4 Å². The highest BCUT2D eigenvalue weighted by atomic mass is 16.2. The number of imide groups is 2. The summed E-state index contributed by atoms with van der Waals surface area (Å²) in [6, 6.07) is 8.72. The number of hydrogen-bond acceptors (Lipinski definition) is 6. The lowest BCUT2D eigenvalue weighted by molar-refractivity contribution is 0.0863. The molecule has 0 aliphatic carbocycles. The first-order valence-electron chi connectivity index (χ1n) is 10.4. The van der Waals surface area contributed by atoms with Crippen molar-refractivity contribution in [3.05, 3.63) is 69.8 Å². The molecule has 0 radical (unpaired) electrons. The van der Waals surface area contributed by atoms with E-state index in [-0.39, 0.29) is 34.1 Å². The van der Waals surface area contributed by atoms with Gasteiger partial charge in [-0.05, 0) is 55.7 Å². The van der Waals surface area contributed by atoms with Gasteiger partial charge < -0.3 is 10.6 Å². The highest BCUT2D eigenvalue weighted by molar-refractivity contribution is 6.22. The van der Waals surface area contributed by atoms with Crippen molar-refractivity contribution in [3.8, 4) is 0 Å². The zero-order chi connectivity index (χ0) is 23.5. The van der Waals surface area contributed by atoms with Crippen LogP contribution in [0.2, 0.25) is 0 Å². The second-order valence-corrected chi connectivity index (χ2v) is 7.66. The van der Waals surface area contributed by atoms with E-state index in [1.807, 2.05) is 0 Å². The third-order valence-corrected chi connectivity index (χ3v) is 5.42. The topological polar surface area (TPSA) is 151 Å². The number of amides is 6. The maximum atomic E-state index is 12.3. The molecular weight excluding hydrogens is 428 g/mol. The Bertz CT molecular complexity index is 1130. The minimum atomic E-state index is -0.511. The van der Waals surface area contributed by atoms with Crippen LogP contribution in [-0.2, 0) is 0 Å². The summed E-state index contributed by atoms with van der Waals surface area (Å²) in [4.78, 5) is 71.0. The number of unbranched alkanes of at least 4 members (excludes halogenated alkanes) is 2. The summed E-state index contributed by atoms with van der Waals surface area (Å²) in [7, 11) is 0. The Morgan fingerprint density at radius 2 is 0.970 bits per heavy atom. The molecule has 2 aliphatic heterocycles. The summed E-state index contributed by atoms with van der Waals surface area (Å²) in [5.41, 5.74) is 1.51. The van der Waals surface area contributed by atoms with Gasteiger partial charge in [-0.1, -0.05) is 0 Å². The second-order valence-electron chi connectivity index (χ2n) is 7.66. The maximum absolute atomic E-state index is 12.3. The molecule has 168 valence electrons. The molecule has 2 aromatic carbocycles. The van der Waals surface area contributed by atoms with Crippen molar-refractivity contribution in [2.24, 2.45) is 0 Å². The van der Waals surface area contributed by atoms with Gasteiger partial charge in [0.05, 0.1) is 22.3 Å². The van der Waals surface area contributed by atoms with E-state index in [2.05, 4.69) is 21.3 Å². The summed E-state index contributed by atoms with van der Waals surface area (Å²) in [6.45, 7) is 0.839. The molecule has 10 heteroatoms. The van der Waals surface area contributed by atoms with Crippen LogP contribution in [0.5, 0.6) is 0 Å². The Morgan fingerprint density at radius 3 is 1.39 bits per heavy atom. The van der Waals surface area contributed by atoms with Crippen LogP contribution in [0, 0.1) is 0 Å². The fourth-order valence-electron chi connectivity index (χ4n) is 3.65. The number of carbonyl (C=O) groups excluding carboxylic acids is 6. The van der Waals surface area contributed by atoms with E-state index < -0.39 is 23.6 Å². The lowest BCUT2D eigenvalue weighted by Gasteiger charge is -2.08. The molecule has 4 N–H and O–H groups in total. The molecule has 0 spiro atoms. The average Bonchev–Trinajstić information content (AvgIpc) is 3.26. The summed E-state index contributed by atoms with van der Waals surface area (Å²) in [6.07, 6.45) is 2.13. The van der Waals surface area contributed by atoms with Gasteiger partial charge in [-0.15, -0.1) is 0 Å². The Balaban J connectivity index is 1.16. The molecule has 33 heavy (non-hydrogen) atoms. The molecule has 0 fully saturated rings. The molecule has 10 nitrogen and oxygen atoms in total. The van der Waals surface area contributed by atoms with Gasteiger partial charge in [0, 0.05) is 24.2 Å². The Labute approximate surface area is 188 Å². The smallest absolute Gasteiger partial charge is 0.258 e. The third-order valence-electron chi connectivity index (χ3n) is 5.42. The Kier molecular flexibility index (Phi) is 5.99. The van der Waals surface area contributed by atoms with Gasteiger partial charge in [0.2, 0.25) is 0 Å². The third kappa shape index (κ3) is 4.49. The minimum Gasteiger partial charge on any atom is -0.352 e. The predicted octanol–water partition coefficient (Wildman–Crippen LogP) is 0.784. The predicted molar refractivity (Wildman–Crippen MR) is 115 cm³/mol. The van der Waals surface area contributed by atoms with Crippen LogP contribution < -0.4 is 21.3 Å². The highest BCUT2D eigenvalue weighted by Crippen LogP contribution is 2.18. The first-order chi connectivity index (χ1) is 15.8. The fraction of sp³-hybridized carbons (Fsp3) is 0.217. The van der Waals surface area contributed by atoms with Crippen molar-refractivity contribution in [1.82, 2.24) is 21.3 Å². The minimum absolute atomic E-state index is 0.194. The van der Waals surface area contributed by atoms with Gasteiger partial charge in [0.25, 0.3) is 35.4 Å². The molecule has 4 rings (SSSR count). The van der Waals surface area contributed by atoms with E-state index in [1.54, 1.807) is 0 Å². The van der Waals surface area contributed by atoms with Crippen LogP contribution in [0.4, 0.5) is 0 Å². The number of carbonyl (C=O) groups is 6. The maximum Gasteiger partial charge on any atom is 0.258 e. The standard InChI is InChI=1S/C23H20N4O6/c28-18(12-4-6-14-16(10-12)22(32)26-20(14)30)24-8-2-1-3-9-25-19(29)13-5-7-15-17(11-13)23(33)27-21(15)31/h4-7,10-11H,1-3,8-9H2,(H,24,28)(H,25,29)(H,26,30,32)(H,27,31,33). The summed E-state index contributed by atoms with van der Waals surface area (Å²) < 4.78 is 0. The van der Waals surface area contributed by atoms with Crippen molar-refractivity contribution in [2.75, 3.05) is 13.1 Å². The van der Waals surface area contributed by atoms with Crippen LogP contribution >= 0.6 is 0 Å². The Hall–Kier alpha value is -4.34. The molecule has 0 aromatic heterocycles. The van der Waals surface area contributed by atoms with Crippen molar-refractivity contribution in [2.45, 2.75) is 19.3 Å². The average molecular weight is 448 g/mol. The van der Waals surface area contributed by atoms with Crippen LogP contribution in [0.3, 0.4) is 0 Å². The Morgan fingerprint density at radius 1 is 0.576 bits per heavy atom. The molecule has 0 saturated carbocycles. The van der Waals surface area contributed by atoms with Crippen molar-refractivity contribution < 1.29 is 28.8 Å². The van der Waals surface area contributed by atoms with Crippen LogP contribution in [-0.4, -0.2) is 48.5 Å². The van der Waals surface area contributed by atoms with E-state index in [1.165, 1.54) is 36.4 Å². The quantitative estimate of drug-likeness (QED) is 0.346. The lowest BCUT2D eigenvalue weighted by atomic mass is 10.1. The molecule has 0 unspecified atom stereocenters. The molecule has 2 aliphatic rings. The van der Waals surface area contributed by atoms with Gasteiger partial charge in [0.15, 0.2) is 0 Å². The molecule has 0 atom stereocenters. The summed E-state index contributed by atoms with van der Waals surface area (Å²) >= 11 is 0. The van der Waals surface area contributed by atoms with Crippen LogP contribution in [0.25, 0.3) is 0 Å². The molecule has 6 amide bonds. The number of benzene rings is 2. The molecular formula is C23H20N4O6. The molecule has 0 bridgehead atoms.